The zero-order chi connectivity index (χ0) is 20.8. The van der Waals surface area contributed by atoms with E-state index in [9.17, 15) is 0 Å². The van der Waals surface area contributed by atoms with Crippen LogP contribution in [0.25, 0.3) is 11.2 Å². The molecule has 0 saturated carbocycles. The van der Waals surface area contributed by atoms with E-state index in [2.05, 4.69) is 54.6 Å². The molecule has 29 heavy (non-hydrogen) atoms. The minimum absolute atomic E-state index is 0.573. The van der Waals surface area contributed by atoms with Gasteiger partial charge in [0.25, 0.3) is 0 Å². The molecule has 6 nitrogen and oxygen atoms in total. The normalized spacial score (nSPS) is 11.6. The number of aryl methyl sites for hydroxylation is 1. The number of hydrogen-bond donors (Lipinski definition) is 2. The van der Waals surface area contributed by atoms with Crippen molar-refractivity contribution in [2.24, 2.45) is 17.6 Å². The smallest absolute Gasteiger partial charge is 0.209 e. The molecule has 0 unspecified atom stereocenters. The summed E-state index contributed by atoms with van der Waals surface area (Å²) < 4.78 is 2.15. The van der Waals surface area contributed by atoms with E-state index in [4.69, 9.17) is 15.7 Å². The van der Waals surface area contributed by atoms with Crippen LogP contribution in [0.5, 0.6) is 0 Å². The lowest BCUT2D eigenvalue weighted by atomic mass is 10.1. The van der Waals surface area contributed by atoms with E-state index in [1.54, 1.807) is 0 Å². The molecule has 0 saturated heterocycles. The standard InChI is InChI=1S/C23H34N6/c1-17(2)15-28(16-18(3)4)21-12-11-20-22(27-21)29(14-8-13-24)23(26-20)25-19-9-6-5-7-10-19/h5-7,9-12,17-18H,8,13-16,24H2,1-4H3,(H,25,26). The van der Waals surface area contributed by atoms with Crippen LogP contribution in [0.3, 0.4) is 0 Å². The highest BCUT2D eigenvalue weighted by molar-refractivity contribution is 5.78. The number of fused-ring (bicyclic) bond motifs is 1. The van der Waals surface area contributed by atoms with E-state index in [0.29, 0.717) is 18.4 Å². The first-order valence-electron chi connectivity index (χ1n) is 10.6. The Bertz CT molecular complexity index is 890. The highest BCUT2D eigenvalue weighted by Crippen LogP contribution is 2.25. The van der Waals surface area contributed by atoms with E-state index in [1.807, 2.05) is 30.3 Å². The van der Waals surface area contributed by atoms with Crippen molar-refractivity contribution >= 4 is 28.6 Å². The summed E-state index contributed by atoms with van der Waals surface area (Å²) in [6.45, 7) is 12.4. The van der Waals surface area contributed by atoms with Crippen LogP contribution in [-0.4, -0.2) is 34.2 Å². The van der Waals surface area contributed by atoms with Crippen LogP contribution in [0.15, 0.2) is 42.5 Å². The van der Waals surface area contributed by atoms with Gasteiger partial charge in [0.15, 0.2) is 5.65 Å². The van der Waals surface area contributed by atoms with Gasteiger partial charge in [0.1, 0.15) is 11.3 Å². The molecule has 0 aliphatic carbocycles. The predicted molar refractivity (Wildman–Crippen MR) is 123 cm³/mol. The first-order valence-corrected chi connectivity index (χ1v) is 10.6. The molecule has 0 spiro atoms. The maximum absolute atomic E-state index is 5.80. The second-order valence-electron chi connectivity index (χ2n) is 8.43. The van der Waals surface area contributed by atoms with Gasteiger partial charge >= 0.3 is 0 Å². The first-order chi connectivity index (χ1) is 14.0. The lowest BCUT2D eigenvalue weighted by Crippen LogP contribution is -2.32. The number of hydrogen-bond acceptors (Lipinski definition) is 5. The van der Waals surface area contributed by atoms with Crippen molar-refractivity contribution in [1.29, 1.82) is 0 Å². The van der Waals surface area contributed by atoms with Gasteiger partial charge in [0.05, 0.1) is 0 Å². The Morgan fingerprint density at radius 1 is 0.966 bits per heavy atom. The lowest BCUT2D eigenvalue weighted by molar-refractivity contribution is 0.549. The van der Waals surface area contributed by atoms with Gasteiger partial charge in [-0.1, -0.05) is 45.9 Å². The fourth-order valence-corrected chi connectivity index (χ4v) is 3.52. The van der Waals surface area contributed by atoms with E-state index in [1.165, 1.54) is 0 Å². The Hall–Kier alpha value is -2.60. The van der Waals surface area contributed by atoms with Crippen molar-refractivity contribution in [3.63, 3.8) is 0 Å². The molecule has 0 atom stereocenters. The zero-order valence-electron chi connectivity index (χ0n) is 18.1. The van der Waals surface area contributed by atoms with Crippen LogP contribution < -0.4 is 16.0 Å². The third-order valence-corrected chi connectivity index (χ3v) is 4.69. The number of nitrogens with one attached hydrogen (secondary N) is 1. The molecule has 1 aromatic carbocycles. The molecule has 6 heteroatoms. The molecule has 0 bridgehead atoms. The van der Waals surface area contributed by atoms with Crippen LogP contribution in [0.1, 0.15) is 34.1 Å². The summed E-state index contributed by atoms with van der Waals surface area (Å²) in [5.41, 5.74) is 8.62. The Kier molecular flexibility index (Phi) is 7.09. The zero-order valence-corrected chi connectivity index (χ0v) is 18.1. The number of rotatable bonds is 10. The van der Waals surface area contributed by atoms with E-state index < -0.39 is 0 Å². The maximum atomic E-state index is 5.80. The van der Waals surface area contributed by atoms with Gasteiger partial charge < -0.3 is 16.0 Å². The monoisotopic (exact) mass is 394 g/mol. The second kappa shape index (κ2) is 9.74. The minimum Gasteiger partial charge on any atom is -0.356 e. The lowest BCUT2D eigenvalue weighted by Gasteiger charge is -2.27. The molecule has 2 heterocycles. The van der Waals surface area contributed by atoms with E-state index in [0.717, 1.165) is 54.7 Å². The molecular formula is C23H34N6. The number of nitrogens with two attached hydrogens (primary N) is 1. The highest BCUT2D eigenvalue weighted by Gasteiger charge is 2.17. The van der Waals surface area contributed by atoms with Crippen molar-refractivity contribution in [3.05, 3.63) is 42.5 Å². The molecule has 0 aliphatic heterocycles. The molecule has 3 N–H and O–H groups in total. The summed E-state index contributed by atoms with van der Waals surface area (Å²) in [5, 5.41) is 3.44. The minimum atomic E-state index is 0.573. The molecular weight excluding hydrogens is 360 g/mol. The van der Waals surface area contributed by atoms with Gasteiger partial charge in [-0.25, -0.2) is 9.97 Å². The number of benzene rings is 1. The Balaban J connectivity index is 2.00. The largest absolute Gasteiger partial charge is 0.356 e. The predicted octanol–water partition coefficient (Wildman–Crippen LogP) is 4.64. The summed E-state index contributed by atoms with van der Waals surface area (Å²) in [6.07, 6.45) is 0.878. The summed E-state index contributed by atoms with van der Waals surface area (Å²) in [6, 6.07) is 14.3. The molecule has 0 fully saturated rings. The molecule has 0 radical (unpaired) electrons. The first kappa shape index (κ1) is 21.1. The summed E-state index contributed by atoms with van der Waals surface area (Å²) in [5.74, 6) is 2.97. The number of para-hydroxylation sites is 1. The van der Waals surface area contributed by atoms with Crippen LogP contribution in [-0.2, 0) is 6.54 Å². The number of aromatic nitrogens is 3. The van der Waals surface area contributed by atoms with Gasteiger partial charge in [-0.15, -0.1) is 0 Å². The average Bonchev–Trinajstić information content (AvgIpc) is 3.02. The average molecular weight is 395 g/mol. The number of nitrogens with zero attached hydrogens (tertiary/aromatic N) is 4. The van der Waals surface area contributed by atoms with Gasteiger partial charge in [-0.2, -0.15) is 0 Å². The topological polar surface area (TPSA) is 72.0 Å². The quantitative estimate of drug-likeness (QED) is 0.524. The molecule has 2 aromatic heterocycles. The SMILES string of the molecule is CC(C)CN(CC(C)C)c1ccc2nc(Nc3ccccc3)n(CCCN)c2n1. The second-order valence-corrected chi connectivity index (χ2v) is 8.43. The van der Waals surface area contributed by atoms with Crippen molar-refractivity contribution < 1.29 is 0 Å². The van der Waals surface area contributed by atoms with Crippen molar-refractivity contribution in [1.82, 2.24) is 14.5 Å². The molecule has 156 valence electrons. The fraction of sp³-hybridized carbons (Fsp3) is 0.478. The fourth-order valence-electron chi connectivity index (χ4n) is 3.52. The van der Waals surface area contributed by atoms with Crippen molar-refractivity contribution in [2.45, 2.75) is 40.7 Å². The third-order valence-electron chi connectivity index (χ3n) is 4.69. The van der Waals surface area contributed by atoms with Crippen LogP contribution >= 0.6 is 0 Å². The van der Waals surface area contributed by atoms with Gasteiger partial charge in [0, 0.05) is 25.3 Å². The van der Waals surface area contributed by atoms with E-state index in [-0.39, 0.29) is 0 Å². The Morgan fingerprint density at radius 2 is 1.66 bits per heavy atom. The highest BCUT2D eigenvalue weighted by atomic mass is 15.3. The summed E-state index contributed by atoms with van der Waals surface area (Å²) >= 11 is 0. The van der Waals surface area contributed by atoms with Gasteiger partial charge in [-0.05, 0) is 49.1 Å². The summed E-state index contributed by atoms with van der Waals surface area (Å²) in [4.78, 5) is 12.2. The van der Waals surface area contributed by atoms with Gasteiger partial charge in [-0.3, -0.25) is 4.57 Å². The van der Waals surface area contributed by atoms with Crippen molar-refractivity contribution in [2.75, 3.05) is 29.9 Å². The molecule has 0 amide bonds. The van der Waals surface area contributed by atoms with Crippen LogP contribution in [0, 0.1) is 11.8 Å². The third kappa shape index (κ3) is 5.48. The summed E-state index contributed by atoms with van der Waals surface area (Å²) in [7, 11) is 0. The molecule has 3 rings (SSSR count). The Morgan fingerprint density at radius 3 is 2.28 bits per heavy atom. The number of pyridine rings is 1. The number of anilines is 3. The van der Waals surface area contributed by atoms with Crippen molar-refractivity contribution in [3.8, 4) is 0 Å². The number of imidazole rings is 1. The van der Waals surface area contributed by atoms with Crippen LogP contribution in [0.2, 0.25) is 0 Å². The molecule has 0 aliphatic rings. The maximum Gasteiger partial charge on any atom is 0.209 e. The van der Waals surface area contributed by atoms with Crippen LogP contribution in [0.4, 0.5) is 17.5 Å². The Labute approximate surface area is 174 Å². The van der Waals surface area contributed by atoms with Gasteiger partial charge in [0.2, 0.25) is 5.95 Å². The molecule has 3 aromatic rings. The van der Waals surface area contributed by atoms with E-state index >= 15 is 0 Å².